The third-order valence-electron chi connectivity index (χ3n) is 4.53. The number of hydrogen-bond donors (Lipinski definition) is 5. The van der Waals surface area contributed by atoms with Crippen LogP contribution in [0.15, 0.2) is 47.2 Å². The average Bonchev–Trinajstić information content (AvgIpc) is 2.52. The number of allylic oxidation sites excluding steroid dienone is 3. The molecule has 0 radical (unpaired) electrons. The van der Waals surface area contributed by atoms with Crippen LogP contribution in [0.5, 0.6) is 17.2 Å². The maximum Gasteiger partial charge on any atom is 0.200 e. The predicted molar refractivity (Wildman–Crippen MR) is 82.3 cm³/mol. The van der Waals surface area contributed by atoms with E-state index in [1.165, 1.54) is 23.3 Å². The first-order valence-electron chi connectivity index (χ1n) is 7.51. The van der Waals surface area contributed by atoms with Gasteiger partial charge in [0.05, 0.1) is 0 Å². The van der Waals surface area contributed by atoms with Gasteiger partial charge >= 0.3 is 0 Å². The van der Waals surface area contributed by atoms with Crippen molar-refractivity contribution in [1.82, 2.24) is 10.6 Å². The van der Waals surface area contributed by atoms with Gasteiger partial charge in [-0.05, 0) is 48.1 Å². The first-order chi connectivity index (χ1) is 10.6. The van der Waals surface area contributed by atoms with Crippen LogP contribution < -0.4 is 10.6 Å². The van der Waals surface area contributed by atoms with Gasteiger partial charge in [-0.1, -0.05) is 18.2 Å². The molecule has 1 saturated heterocycles. The maximum atomic E-state index is 9.72. The van der Waals surface area contributed by atoms with Gasteiger partial charge in [-0.25, -0.2) is 0 Å². The molecule has 1 heterocycles. The summed E-state index contributed by atoms with van der Waals surface area (Å²) in [6.45, 7) is 0. The van der Waals surface area contributed by atoms with Gasteiger partial charge in [-0.2, -0.15) is 0 Å². The van der Waals surface area contributed by atoms with E-state index in [-0.39, 0.29) is 23.7 Å². The number of rotatable bonds is 1. The molecule has 5 heteroatoms. The molecular formula is C17H18N2O3. The minimum Gasteiger partial charge on any atom is -0.504 e. The largest absolute Gasteiger partial charge is 0.504 e. The number of hydrogen-bond acceptors (Lipinski definition) is 5. The second-order valence-electron chi connectivity index (χ2n) is 5.94. The van der Waals surface area contributed by atoms with E-state index in [1.54, 1.807) is 0 Å². The minimum absolute atomic E-state index is 0.219. The molecule has 2 unspecified atom stereocenters. The fourth-order valence-electron chi connectivity index (χ4n) is 3.50. The lowest BCUT2D eigenvalue weighted by molar-refractivity contribution is 0.357. The van der Waals surface area contributed by atoms with E-state index in [1.807, 2.05) is 0 Å². The summed E-state index contributed by atoms with van der Waals surface area (Å²) < 4.78 is 0. The lowest BCUT2D eigenvalue weighted by Gasteiger charge is -2.40. The summed E-state index contributed by atoms with van der Waals surface area (Å²) >= 11 is 0. The smallest absolute Gasteiger partial charge is 0.200 e. The van der Waals surface area contributed by atoms with Crippen molar-refractivity contribution >= 4 is 0 Å². The van der Waals surface area contributed by atoms with E-state index in [2.05, 4.69) is 28.9 Å². The fraction of sp³-hybridized carbons (Fsp3) is 0.294. The van der Waals surface area contributed by atoms with E-state index < -0.39 is 5.75 Å². The second kappa shape index (κ2) is 4.81. The molecular weight excluding hydrogens is 280 g/mol. The molecule has 0 aromatic heterocycles. The zero-order valence-corrected chi connectivity index (χ0v) is 12.0. The van der Waals surface area contributed by atoms with Crippen molar-refractivity contribution in [1.29, 1.82) is 0 Å². The predicted octanol–water partition coefficient (Wildman–Crippen LogP) is 2.30. The molecule has 2 aliphatic carbocycles. The maximum absolute atomic E-state index is 9.72. The van der Waals surface area contributed by atoms with Gasteiger partial charge in [0.2, 0.25) is 0 Å². The van der Waals surface area contributed by atoms with Crippen molar-refractivity contribution in [2.24, 2.45) is 0 Å². The Kier molecular flexibility index (Phi) is 2.90. The van der Waals surface area contributed by atoms with E-state index in [9.17, 15) is 15.3 Å². The molecule has 2 atom stereocenters. The Balaban J connectivity index is 1.71. The highest BCUT2D eigenvalue weighted by Gasteiger charge is 2.33. The molecule has 114 valence electrons. The Morgan fingerprint density at radius 1 is 1.09 bits per heavy atom. The number of nitrogens with one attached hydrogen (secondary N) is 2. The van der Waals surface area contributed by atoms with Crippen LogP contribution in [0.3, 0.4) is 0 Å². The quantitative estimate of drug-likeness (QED) is 0.514. The molecule has 0 amide bonds. The minimum atomic E-state index is -0.486. The Labute approximate surface area is 128 Å². The Morgan fingerprint density at radius 3 is 2.64 bits per heavy atom. The second-order valence-corrected chi connectivity index (χ2v) is 5.94. The monoisotopic (exact) mass is 298 g/mol. The first kappa shape index (κ1) is 13.3. The van der Waals surface area contributed by atoms with Gasteiger partial charge in [0.15, 0.2) is 17.2 Å². The van der Waals surface area contributed by atoms with Gasteiger partial charge in [0, 0.05) is 11.7 Å². The molecule has 3 aliphatic rings. The Morgan fingerprint density at radius 2 is 1.86 bits per heavy atom. The van der Waals surface area contributed by atoms with Crippen LogP contribution in [0.4, 0.5) is 0 Å². The summed E-state index contributed by atoms with van der Waals surface area (Å²) in [5.41, 5.74) is 4.53. The highest BCUT2D eigenvalue weighted by Crippen LogP contribution is 2.40. The van der Waals surface area contributed by atoms with Crippen LogP contribution in [0.25, 0.3) is 0 Å². The highest BCUT2D eigenvalue weighted by molar-refractivity contribution is 5.54. The van der Waals surface area contributed by atoms with Crippen LogP contribution in [0, 0.1) is 0 Å². The van der Waals surface area contributed by atoms with Crippen molar-refractivity contribution < 1.29 is 15.3 Å². The Hall–Kier alpha value is -2.40. The van der Waals surface area contributed by atoms with Crippen LogP contribution >= 0.6 is 0 Å². The lowest BCUT2D eigenvalue weighted by atomic mass is 9.82. The van der Waals surface area contributed by atoms with Crippen LogP contribution in [0.1, 0.15) is 31.0 Å². The molecule has 0 saturated carbocycles. The summed E-state index contributed by atoms with van der Waals surface area (Å²) in [6.07, 6.45) is 9.39. The standard InChI is InChI=1S/C17H18N2O3/c20-13-7-10(8-14(21)16(13)22)17-18-11-5-1-3-9-4-2-6-12(19-17)15(9)11/h1,3,6-8,11,17-22H,2,4-5H2. The van der Waals surface area contributed by atoms with Crippen LogP contribution in [-0.4, -0.2) is 21.4 Å². The normalized spacial score (nSPS) is 26.3. The molecule has 1 aromatic rings. The van der Waals surface area contributed by atoms with Crippen molar-refractivity contribution in [2.45, 2.75) is 31.5 Å². The Bertz CT molecular complexity index is 710. The SMILES string of the molecule is Oc1cc(C2NC3=CCCC4=C3C(CC=C4)N2)cc(O)c1O. The van der Waals surface area contributed by atoms with Crippen molar-refractivity contribution in [3.05, 3.63) is 52.8 Å². The summed E-state index contributed by atoms with van der Waals surface area (Å²) in [5.74, 6) is -1.12. The van der Waals surface area contributed by atoms with Gasteiger partial charge in [-0.15, -0.1) is 0 Å². The topological polar surface area (TPSA) is 84.8 Å². The molecule has 22 heavy (non-hydrogen) atoms. The first-order valence-corrected chi connectivity index (χ1v) is 7.51. The fourth-order valence-corrected chi connectivity index (χ4v) is 3.50. The molecule has 5 N–H and O–H groups in total. The summed E-state index contributed by atoms with van der Waals surface area (Å²) in [5, 5.41) is 35.9. The lowest BCUT2D eigenvalue weighted by Crippen LogP contribution is -2.49. The van der Waals surface area contributed by atoms with Gasteiger partial charge < -0.3 is 20.6 Å². The van der Waals surface area contributed by atoms with E-state index in [4.69, 9.17) is 0 Å². The molecule has 1 aromatic carbocycles. The van der Waals surface area contributed by atoms with Crippen molar-refractivity contribution in [3.63, 3.8) is 0 Å². The number of aromatic hydroxyl groups is 3. The highest BCUT2D eigenvalue weighted by atomic mass is 16.3. The van der Waals surface area contributed by atoms with Crippen molar-refractivity contribution in [2.75, 3.05) is 0 Å². The van der Waals surface area contributed by atoms with Crippen LogP contribution in [0.2, 0.25) is 0 Å². The van der Waals surface area contributed by atoms with Gasteiger partial charge in [0.1, 0.15) is 6.17 Å². The zero-order valence-electron chi connectivity index (χ0n) is 12.0. The third-order valence-corrected chi connectivity index (χ3v) is 4.53. The number of phenolic OH excluding ortho intramolecular Hbond substituents is 3. The van der Waals surface area contributed by atoms with E-state index in [0.717, 1.165) is 25.0 Å². The van der Waals surface area contributed by atoms with Gasteiger partial charge in [-0.3, -0.25) is 5.32 Å². The van der Waals surface area contributed by atoms with Crippen LogP contribution in [-0.2, 0) is 0 Å². The third kappa shape index (κ3) is 1.97. The van der Waals surface area contributed by atoms with Gasteiger partial charge in [0.25, 0.3) is 0 Å². The average molecular weight is 298 g/mol. The number of phenols is 3. The summed E-state index contributed by atoms with van der Waals surface area (Å²) in [4.78, 5) is 0. The molecule has 1 fully saturated rings. The molecule has 5 nitrogen and oxygen atoms in total. The molecule has 0 bridgehead atoms. The zero-order chi connectivity index (χ0) is 15.3. The molecule has 1 aliphatic heterocycles. The summed E-state index contributed by atoms with van der Waals surface area (Å²) in [6, 6.07) is 3.17. The summed E-state index contributed by atoms with van der Waals surface area (Å²) in [7, 11) is 0. The van der Waals surface area contributed by atoms with E-state index in [0.29, 0.717) is 5.56 Å². The molecule has 4 rings (SSSR count). The molecule has 0 spiro atoms. The number of benzene rings is 1. The van der Waals surface area contributed by atoms with E-state index >= 15 is 0 Å². The van der Waals surface area contributed by atoms with Crippen molar-refractivity contribution in [3.8, 4) is 17.2 Å².